The van der Waals surface area contributed by atoms with E-state index in [2.05, 4.69) is 41.8 Å². The second kappa shape index (κ2) is 6.78. The fourth-order valence-electron chi connectivity index (χ4n) is 1.41. The summed E-state index contributed by atoms with van der Waals surface area (Å²) in [5, 5.41) is 29.3. The number of anilines is 1. The highest BCUT2D eigenvalue weighted by Crippen LogP contribution is 2.25. The summed E-state index contributed by atoms with van der Waals surface area (Å²) < 4.78 is 0.937. The Hall–Kier alpha value is -2.04. The summed E-state index contributed by atoms with van der Waals surface area (Å²) in [6.45, 7) is 4.20. The maximum Gasteiger partial charge on any atom is 0.163 e. The smallest absolute Gasteiger partial charge is 0.163 e. The summed E-state index contributed by atoms with van der Waals surface area (Å²) in [4.78, 5) is 0. The first-order chi connectivity index (χ1) is 9.03. The molecule has 0 aromatic heterocycles. The number of rotatable bonds is 3. The lowest BCUT2D eigenvalue weighted by Crippen LogP contribution is -2.03. The van der Waals surface area contributed by atoms with Gasteiger partial charge < -0.3 is 5.32 Å². The van der Waals surface area contributed by atoms with Crippen LogP contribution in [0.3, 0.4) is 0 Å². The molecule has 1 aromatic carbocycles. The molecule has 0 atom stereocenters. The zero-order chi connectivity index (χ0) is 14.4. The molecule has 1 aromatic rings. The van der Waals surface area contributed by atoms with Crippen LogP contribution in [0, 0.1) is 37.6 Å². The molecule has 0 bridgehead atoms. The summed E-state index contributed by atoms with van der Waals surface area (Å²) in [7, 11) is 0. The van der Waals surface area contributed by atoms with Crippen molar-refractivity contribution in [1.82, 2.24) is 0 Å². The van der Waals surface area contributed by atoms with Crippen LogP contribution in [0.5, 0.6) is 0 Å². The van der Waals surface area contributed by atoms with Gasteiger partial charge in [0.1, 0.15) is 23.9 Å². The molecule has 4 nitrogen and oxygen atoms in total. The fourth-order valence-corrected chi connectivity index (χ4v) is 2.08. The van der Waals surface area contributed by atoms with E-state index < -0.39 is 0 Å². The summed E-state index contributed by atoms with van der Waals surface area (Å²) >= 11 is 2.16. The summed E-state index contributed by atoms with van der Waals surface area (Å²) in [6, 6.07) is 11.1. The predicted octanol–water partition coefficient (Wildman–Crippen LogP) is 3.65. The molecule has 0 aliphatic rings. The van der Waals surface area contributed by atoms with E-state index in [-0.39, 0.29) is 11.3 Å². The number of halogens is 1. The molecule has 0 spiro atoms. The number of hydrogen-bond donors (Lipinski definition) is 1. The van der Waals surface area contributed by atoms with E-state index in [0.29, 0.717) is 11.6 Å². The van der Waals surface area contributed by atoms with Gasteiger partial charge in [0.15, 0.2) is 5.57 Å². The second-order valence-corrected chi connectivity index (χ2v) is 5.27. The van der Waals surface area contributed by atoms with Crippen molar-refractivity contribution in [2.75, 3.05) is 5.32 Å². The van der Waals surface area contributed by atoms with Crippen molar-refractivity contribution < 1.29 is 0 Å². The third kappa shape index (κ3) is 3.71. The summed E-state index contributed by atoms with van der Waals surface area (Å²) in [6.07, 6.45) is 0. The molecule has 0 aliphatic heterocycles. The molecule has 0 heterocycles. The minimum Gasteiger partial charge on any atom is -0.344 e. The highest BCUT2D eigenvalue weighted by Gasteiger charge is 2.09. The van der Waals surface area contributed by atoms with Crippen LogP contribution in [0.4, 0.5) is 5.69 Å². The highest BCUT2D eigenvalue weighted by atomic mass is 127. The van der Waals surface area contributed by atoms with Gasteiger partial charge in [0.2, 0.25) is 0 Å². The van der Waals surface area contributed by atoms with E-state index in [0.717, 1.165) is 3.57 Å². The van der Waals surface area contributed by atoms with Crippen LogP contribution in [-0.2, 0) is 0 Å². The van der Waals surface area contributed by atoms with Crippen LogP contribution in [0.2, 0.25) is 0 Å². The first-order valence-electron chi connectivity index (χ1n) is 5.54. The van der Waals surface area contributed by atoms with Crippen molar-refractivity contribution in [1.29, 1.82) is 15.8 Å². The van der Waals surface area contributed by atoms with Gasteiger partial charge in [-0.05, 0) is 46.2 Å². The van der Waals surface area contributed by atoms with Gasteiger partial charge in [-0.15, -0.1) is 0 Å². The number of hydrogen-bond acceptors (Lipinski definition) is 4. The average Bonchev–Trinajstić information content (AvgIpc) is 2.40. The lowest BCUT2D eigenvalue weighted by molar-refractivity contribution is 0.866. The van der Waals surface area contributed by atoms with Gasteiger partial charge in [-0.1, -0.05) is 19.9 Å². The minimum atomic E-state index is -0.216. The van der Waals surface area contributed by atoms with E-state index in [4.69, 9.17) is 15.8 Å². The zero-order valence-corrected chi connectivity index (χ0v) is 12.7. The van der Waals surface area contributed by atoms with Crippen molar-refractivity contribution in [3.05, 3.63) is 38.6 Å². The van der Waals surface area contributed by atoms with Gasteiger partial charge in [0, 0.05) is 3.57 Å². The SMILES string of the molecule is CC(C)c1ccc(NC(C#N)=C(C#N)C#N)c(I)c1. The lowest BCUT2D eigenvalue weighted by atomic mass is 10.0. The molecule has 0 unspecified atom stereocenters. The molecule has 0 aliphatic carbocycles. The highest BCUT2D eigenvalue weighted by molar-refractivity contribution is 14.1. The van der Waals surface area contributed by atoms with E-state index in [1.807, 2.05) is 24.3 Å². The van der Waals surface area contributed by atoms with Crippen LogP contribution in [0.1, 0.15) is 25.3 Å². The van der Waals surface area contributed by atoms with Crippen LogP contribution >= 0.6 is 22.6 Å². The van der Waals surface area contributed by atoms with Gasteiger partial charge in [-0.3, -0.25) is 0 Å². The maximum absolute atomic E-state index is 8.98. The molecular formula is C14H11IN4. The average molecular weight is 362 g/mol. The summed E-state index contributed by atoms with van der Waals surface area (Å²) in [5.41, 5.74) is 1.66. The number of nitrogens with zero attached hydrogens (tertiary/aromatic N) is 3. The molecule has 94 valence electrons. The molecule has 0 radical (unpaired) electrons. The van der Waals surface area contributed by atoms with Gasteiger partial charge in [-0.2, -0.15) is 15.8 Å². The molecule has 0 saturated heterocycles. The Labute approximate surface area is 126 Å². The van der Waals surface area contributed by atoms with Crippen LogP contribution in [0.25, 0.3) is 0 Å². The van der Waals surface area contributed by atoms with Crippen LogP contribution in [0.15, 0.2) is 29.5 Å². The van der Waals surface area contributed by atoms with Gasteiger partial charge in [-0.25, -0.2) is 0 Å². The third-order valence-electron chi connectivity index (χ3n) is 2.50. The zero-order valence-electron chi connectivity index (χ0n) is 10.5. The van der Waals surface area contributed by atoms with Crippen molar-refractivity contribution in [3.8, 4) is 18.2 Å². The van der Waals surface area contributed by atoms with E-state index in [9.17, 15) is 0 Å². The van der Waals surface area contributed by atoms with Crippen LogP contribution in [-0.4, -0.2) is 0 Å². The van der Waals surface area contributed by atoms with E-state index >= 15 is 0 Å². The monoisotopic (exact) mass is 362 g/mol. The molecule has 5 heteroatoms. The normalized spacial score (nSPS) is 9.11. The predicted molar refractivity (Wildman–Crippen MR) is 80.7 cm³/mol. The Balaban J connectivity index is 3.15. The molecule has 0 amide bonds. The maximum atomic E-state index is 8.98. The number of nitriles is 3. The Morgan fingerprint density at radius 2 is 1.79 bits per heavy atom. The molecule has 0 fully saturated rings. The first-order valence-corrected chi connectivity index (χ1v) is 6.62. The van der Waals surface area contributed by atoms with E-state index in [1.165, 1.54) is 5.56 Å². The van der Waals surface area contributed by atoms with Gasteiger partial charge >= 0.3 is 0 Å². The van der Waals surface area contributed by atoms with Crippen molar-refractivity contribution in [2.45, 2.75) is 19.8 Å². The van der Waals surface area contributed by atoms with E-state index in [1.54, 1.807) is 12.1 Å². The third-order valence-corrected chi connectivity index (χ3v) is 3.40. The van der Waals surface area contributed by atoms with Crippen molar-refractivity contribution in [3.63, 3.8) is 0 Å². The van der Waals surface area contributed by atoms with Crippen molar-refractivity contribution >= 4 is 28.3 Å². The Morgan fingerprint density at radius 1 is 1.16 bits per heavy atom. The van der Waals surface area contributed by atoms with Gasteiger partial charge in [0.05, 0.1) is 5.69 Å². The number of allylic oxidation sites excluding steroid dienone is 2. The Kier molecular flexibility index (Phi) is 5.36. The molecule has 19 heavy (non-hydrogen) atoms. The minimum absolute atomic E-state index is 0.0276. The van der Waals surface area contributed by atoms with Crippen molar-refractivity contribution in [2.24, 2.45) is 0 Å². The van der Waals surface area contributed by atoms with Gasteiger partial charge in [0.25, 0.3) is 0 Å². The Morgan fingerprint density at radius 3 is 2.21 bits per heavy atom. The standard InChI is InChI=1S/C14H11IN4/c1-9(2)10-3-4-13(12(15)5-10)19-14(8-18)11(6-16)7-17/h3-5,9,19H,1-2H3. The number of nitrogens with one attached hydrogen (secondary N) is 1. The summed E-state index contributed by atoms with van der Waals surface area (Å²) in [5.74, 6) is 0.419. The molecule has 1 rings (SSSR count). The second-order valence-electron chi connectivity index (χ2n) is 4.10. The number of benzene rings is 1. The molecular weight excluding hydrogens is 351 g/mol. The molecule has 1 N–H and O–H groups in total. The quantitative estimate of drug-likeness (QED) is 0.657. The fraction of sp³-hybridized carbons (Fsp3) is 0.214. The largest absolute Gasteiger partial charge is 0.344 e. The first kappa shape index (κ1) is 15.0. The lowest BCUT2D eigenvalue weighted by Gasteiger charge is -2.11. The topological polar surface area (TPSA) is 83.4 Å². The van der Waals surface area contributed by atoms with Crippen LogP contribution < -0.4 is 5.32 Å². The molecule has 0 saturated carbocycles. The Bertz CT molecular complexity index is 623.